The lowest BCUT2D eigenvalue weighted by molar-refractivity contribution is -0.140. The van der Waals surface area contributed by atoms with Gasteiger partial charge < -0.3 is 10.2 Å². The Morgan fingerprint density at radius 2 is 1.49 bits per heavy atom. The van der Waals surface area contributed by atoms with Gasteiger partial charge in [0.25, 0.3) is 0 Å². The summed E-state index contributed by atoms with van der Waals surface area (Å²) < 4.78 is 26.9. The normalized spacial score (nSPS) is 12.2. The number of carbonyl (C=O) groups excluding carboxylic acids is 2. The van der Waals surface area contributed by atoms with Crippen LogP contribution in [0.3, 0.4) is 0 Å². The Morgan fingerprint density at radius 3 is 2.03 bits per heavy atom. The maximum atomic E-state index is 14.1. The Morgan fingerprint density at radius 1 is 0.897 bits per heavy atom. The molecule has 1 N–H and O–H groups in total. The average molecular weight is 570 g/mol. The molecule has 0 saturated heterocycles. The predicted molar refractivity (Wildman–Crippen MR) is 157 cm³/mol. The van der Waals surface area contributed by atoms with E-state index in [0.29, 0.717) is 10.7 Å². The Bertz CT molecular complexity index is 1370. The molecule has 0 aliphatic carbocycles. The zero-order valence-corrected chi connectivity index (χ0v) is 24.6. The molecule has 7 nitrogen and oxygen atoms in total. The minimum absolute atomic E-state index is 0.101. The van der Waals surface area contributed by atoms with E-state index in [0.717, 1.165) is 32.8 Å². The number of halogens is 1. The van der Waals surface area contributed by atoms with Crippen molar-refractivity contribution in [3.63, 3.8) is 0 Å². The summed E-state index contributed by atoms with van der Waals surface area (Å²) in [7, 11) is -3.81. The van der Waals surface area contributed by atoms with Crippen molar-refractivity contribution in [1.82, 2.24) is 10.2 Å². The van der Waals surface area contributed by atoms with Crippen LogP contribution in [0.15, 0.2) is 72.8 Å². The lowest BCUT2D eigenvalue weighted by Crippen LogP contribution is -2.54. The SMILES string of the molecule is Cc1cc(C)cc(N(CC(=O)N(Cc2ccc(Cl)cc2)[C@H](Cc2ccccc2)C(=O)NC(C)C)S(C)(=O)=O)c1. The van der Waals surface area contributed by atoms with Crippen molar-refractivity contribution in [1.29, 1.82) is 0 Å². The monoisotopic (exact) mass is 569 g/mol. The number of rotatable bonds is 11. The summed E-state index contributed by atoms with van der Waals surface area (Å²) in [4.78, 5) is 29.0. The summed E-state index contributed by atoms with van der Waals surface area (Å²) in [6.07, 6.45) is 1.34. The van der Waals surface area contributed by atoms with Crippen LogP contribution >= 0.6 is 11.6 Å². The standard InChI is InChI=1S/C30H36ClN3O4S/c1-21(2)32-30(36)28(18-24-9-7-6-8-10-24)33(19-25-11-13-26(31)14-12-25)29(35)20-34(39(5,37)38)27-16-22(3)15-23(4)17-27/h6-17,21,28H,18-20H2,1-5H3,(H,32,36)/t28-/m1/s1. The lowest BCUT2D eigenvalue weighted by atomic mass is 10.0. The van der Waals surface area contributed by atoms with Crippen LogP contribution in [-0.4, -0.2) is 50.0 Å². The first-order valence-electron chi connectivity index (χ1n) is 12.8. The molecule has 0 heterocycles. The quantitative estimate of drug-likeness (QED) is 0.356. The largest absolute Gasteiger partial charge is 0.352 e. The van der Waals surface area contributed by atoms with Crippen molar-refractivity contribution in [3.8, 4) is 0 Å². The van der Waals surface area contributed by atoms with Gasteiger partial charge in [-0.25, -0.2) is 8.42 Å². The second kappa shape index (κ2) is 13.1. The highest BCUT2D eigenvalue weighted by molar-refractivity contribution is 7.92. The highest BCUT2D eigenvalue weighted by Gasteiger charge is 2.33. The molecule has 3 rings (SSSR count). The molecule has 0 unspecified atom stereocenters. The molecular formula is C30H36ClN3O4S. The van der Waals surface area contributed by atoms with Gasteiger partial charge in [-0.15, -0.1) is 0 Å². The topological polar surface area (TPSA) is 86.8 Å². The molecule has 9 heteroatoms. The van der Waals surface area contributed by atoms with E-state index in [4.69, 9.17) is 11.6 Å². The van der Waals surface area contributed by atoms with Crippen molar-refractivity contribution >= 4 is 39.1 Å². The number of anilines is 1. The Kier molecular flexibility index (Phi) is 10.2. The number of nitrogens with zero attached hydrogens (tertiary/aromatic N) is 2. The molecule has 0 saturated carbocycles. The van der Waals surface area contributed by atoms with Gasteiger partial charge in [0, 0.05) is 24.0 Å². The van der Waals surface area contributed by atoms with Crippen LogP contribution < -0.4 is 9.62 Å². The van der Waals surface area contributed by atoms with Crippen molar-refractivity contribution < 1.29 is 18.0 Å². The highest BCUT2D eigenvalue weighted by Crippen LogP contribution is 2.23. The van der Waals surface area contributed by atoms with Gasteiger partial charge in [0.15, 0.2) is 0 Å². The minimum atomic E-state index is -3.81. The van der Waals surface area contributed by atoms with Crippen LogP contribution in [0.2, 0.25) is 5.02 Å². The number of aryl methyl sites for hydroxylation is 2. The van der Waals surface area contributed by atoms with Crippen LogP contribution in [0.4, 0.5) is 5.69 Å². The number of carbonyl (C=O) groups is 2. The van der Waals surface area contributed by atoms with Gasteiger partial charge in [0.05, 0.1) is 11.9 Å². The molecule has 0 aromatic heterocycles. The third kappa shape index (κ3) is 8.83. The molecule has 39 heavy (non-hydrogen) atoms. The maximum absolute atomic E-state index is 14.1. The van der Waals surface area contributed by atoms with E-state index in [1.165, 1.54) is 4.90 Å². The van der Waals surface area contributed by atoms with Gasteiger partial charge in [-0.2, -0.15) is 0 Å². The molecule has 2 amide bonds. The number of hydrogen-bond donors (Lipinski definition) is 1. The fourth-order valence-electron chi connectivity index (χ4n) is 4.43. The second-order valence-corrected chi connectivity index (χ2v) is 12.5. The number of sulfonamides is 1. The summed E-state index contributed by atoms with van der Waals surface area (Å²) in [5, 5.41) is 3.49. The molecule has 0 aliphatic heterocycles. The van der Waals surface area contributed by atoms with Crippen LogP contribution in [0.25, 0.3) is 0 Å². The fraction of sp³-hybridized carbons (Fsp3) is 0.333. The Balaban J connectivity index is 2.06. The summed E-state index contributed by atoms with van der Waals surface area (Å²) >= 11 is 6.08. The minimum Gasteiger partial charge on any atom is -0.352 e. The molecule has 0 spiro atoms. The Hall–Kier alpha value is -3.36. The van der Waals surface area contributed by atoms with E-state index in [-0.39, 0.29) is 24.9 Å². The fourth-order valence-corrected chi connectivity index (χ4v) is 5.39. The Labute approximate surface area is 236 Å². The summed E-state index contributed by atoms with van der Waals surface area (Å²) in [6.45, 7) is 7.11. The molecule has 0 radical (unpaired) electrons. The first kappa shape index (κ1) is 30.2. The zero-order chi connectivity index (χ0) is 28.7. The molecule has 0 bridgehead atoms. The van der Waals surface area contributed by atoms with Gasteiger partial charge >= 0.3 is 0 Å². The van der Waals surface area contributed by atoms with Crippen LogP contribution in [0.1, 0.15) is 36.1 Å². The first-order valence-corrected chi connectivity index (χ1v) is 15.0. The number of nitrogens with one attached hydrogen (secondary N) is 1. The van der Waals surface area contributed by atoms with E-state index in [1.54, 1.807) is 36.4 Å². The molecular weight excluding hydrogens is 534 g/mol. The van der Waals surface area contributed by atoms with Crippen molar-refractivity contribution in [2.45, 2.75) is 52.7 Å². The van der Waals surface area contributed by atoms with Crippen molar-refractivity contribution in [2.24, 2.45) is 0 Å². The third-order valence-electron chi connectivity index (χ3n) is 6.14. The zero-order valence-electron chi connectivity index (χ0n) is 23.0. The smallest absolute Gasteiger partial charge is 0.244 e. The lowest BCUT2D eigenvalue weighted by Gasteiger charge is -2.34. The third-order valence-corrected chi connectivity index (χ3v) is 7.53. The van der Waals surface area contributed by atoms with Gasteiger partial charge in [-0.3, -0.25) is 13.9 Å². The highest BCUT2D eigenvalue weighted by atomic mass is 35.5. The second-order valence-electron chi connectivity index (χ2n) is 10.1. The first-order chi connectivity index (χ1) is 18.3. The van der Waals surface area contributed by atoms with Gasteiger partial charge in [-0.1, -0.05) is 60.1 Å². The predicted octanol–water partition coefficient (Wildman–Crippen LogP) is 4.89. The van der Waals surface area contributed by atoms with Gasteiger partial charge in [0.2, 0.25) is 21.8 Å². The van der Waals surface area contributed by atoms with Crippen LogP contribution in [0.5, 0.6) is 0 Å². The van der Waals surface area contributed by atoms with E-state index in [2.05, 4.69) is 5.32 Å². The van der Waals surface area contributed by atoms with E-state index in [9.17, 15) is 18.0 Å². The molecule has 3 aromatic rings. The van der Waals surface area contributed by atoms with E-state index in [1.807, 2.05) is 64.1 Å². The molecule has 0 aliphatic rings. The van der Waals surface area contributed by atoms with Crippen molar-refractivity contribution in [3.05, 3.63) is 100 Å². The van der Waals surface area contributed by atoms with E-state index < -0.39 is 28.5 Å². The molecule has 3 aromatic carbocycles. The summed E-state index contributed by atoms with van der Waals surface area (Å²) in [5.74, 6) is -0.803. The number of hydrogen-bond acceptors (Lipinski definition) is 4. The molecule has 208 valence electrons. The number of amides is 2. The van der Waals surface area contributed by atoms with Crippen LogP contribution in [-0.2, 0) is 32.6 Å². The number of benzene rings is 3. The average Bonchev–Trinajstić information content (AvgIpc) is 2.84. The summed E-state index contributed by atoms with van der Waals surface area (Å²) in [5.41, 5.74) is 3.80. The van der Waals surface area contributed by atoms with Gasteiger partial charge in [0.1, 0.15) is 12.6 Å². The van der Waals surface area contributed by atoms with Crippen LogP contribution in [0, 0.1) is 13.8 Å². The summed E-state index contributed by atoms with van der Waals surface area (Å²) in [6, 6.07) is 20.9. The van der Waals surface area contributed by atoms with E-state index >= 15 is 0 Å². The molecule has 0 fully saturated rings. The molecule has 1 atom stereocenters. The van der Waals surface area contributed by atoms with Crippen molar-refractivity contribution in [2.75, 3.05) is 17.1 Å². The van der Waals surface area contributed by atoms with Gasteiger partial charge in [-0.05, 0) is 74.2 Å². The maximum Gasteiger partial charge on any atom is 0.244 e.